The fourth-order valence-corrected chi connectivity index (χ4v) is 5.11. The third-order valence-electron chi connectivity index (χ3n) is 6.95. The molecule has 0 N–H and O–H groups in total. The number of rotatable bonds is 13. The average Bonchev–Trinajstić information content (AvgIpc) is 3.14. The summed E-state index contributed by atoms with van der Waals surface area (Å²) in [6, 6.07) is 0. The topological polar surface area (TPSA) is 72.5 Å². The number of ether oxygens (including phenoxy) is 6. The Kier molecular flexibility index (Phi) is 11.8. The van der Waals surface area contributed by atoms with Gasteiger partial charge in [0, 0.05) is 39.8 Å². The minimum atomic E-state index is -0.603. The fourth-order valence-electron chi connectivity index (χ4n) is 5.11. The third-order valence-corrected chi connectivity index (χ3v) is 6.95. The van der Waals surface area contributed by atoms with Crippen LogP contribution in [0.15, 0.2) is 12.2 Å². The molecule has 0 spiro atoms. The molecule has 7 heteroatoms. The summed E-state index contributed by atoms with van der Waals surface area (Å²) in [4.78, 5) is 13.0. The molecule has 0 bridgehead atoms. The minimum Gasteiger partial charge on any atom is -0.355 e. The summed E-state index contributed by atoms with van der Waals surface area (Å²) in [7, 11) is 3.16. The van der Waals surface area contributed by atoms with Crippen LogP contribution in [0.2, 0.25) is 0 Å². The van der Waals surface area contributed by atoms with Gasteiger partial charge in [-0.2, -0.15) is 0 Å². The van der Waals surface area contributed by atoms with Crippen LogP contribution in [0, 0.1) is 11.8 Å². The summed E-state index contributed by atoms with van der Waals surface area (Å²) in [5, 5.41) is 0. The Morgan fingerprint density at radius 1 is 1.00 bits per heavy atom. The standard InChI is InChI=1S/C26H44O7/c1-4-5-6-11-19(32-23-12-7-9-16-30-23)14-15-20-22(33-24-13-8-10-17-31-24)18-21(27)25(20)26(28-2)29-3/h14-15,19-20,22-26H,4-13,16-18H2,1-3H3/b15-14+. The van der Waals surface area contributed by atoms with Crippen molar-refractivity contribution in [3.63, 3.8) is 0 Å². The number of hydrogen-bond donors (Lipinski definition) is 0. The number of ketones is 1. The van der Waals surface area contributed by atoms with Gasteiger partial charge in [0.05, 0.1) is 18.1 Å². The Morgan fingerprint density at radius 3 is 2.30 bits per heavy atom. The molecule has 6 unspecified atom stereocenters. The maximum absolute atomic E-state index is 13.0. The highest BCUT2D eigenvalue weighted by atomic mass is 16.7. The van der Waals surface area contributed by atoms with Crippen molar-refractivity contribution in [2.75, 3.05) is 27.4 Å². The highest BCUT2D eigenvalue weighted by Gasteiger charge is 2.47. The van der Waals surface area contributed by atoms with Crippen LogP contribution in [-0.2, 0) is 33.2 Å². The highest BCUT2D eigenvalue weighted by molar-refractivity contribution is 5.85. The van der Waals surface area contributed by atoms with Crippen LogP contribution in [0.25, 0.3) is 0 Å². The fraction of sp³-hybridized carbons (Fsp3) is 0.885. The van der Waals surface area contributed by atoms with Gasteiger partial charge in [0.15, 0.2) is 18.9 Å². The summed E-state index contributed by atoms with van der Waals surface area (Å²) in [5.41, 5.74) is 0. The van der Waals surface area contributed by atoms with Gasteiger partial charge in [0.1, 0.15) is 5.78 Å². The molecule has 3 aliphatic rings. The minimum absolute atomic E-state index is 0.0499. The molecule has 3 rings (SSSR count). The Bertz CT molecular complexity index is 579. The van der Waals surface area contributed by atoms with E-state index in [0.29, 0.717) is 13.0 Å². The molecule has 7 nitrogen and oxygen atoms in total. The highest BCUT2D eigenvalue weighted by Crippen LogP contribution is 2.38. The maximum Gasteiger partial charge on any atom is 0.167 e. The Balaban J connectivity index is 1.73. The van der Waals surface area contributed by atoms with Crippen LogP contribution >= 0.6 is 0 Å². The number of Topliss-reactive ketones (excluding diaryl/α,β-unsaturated/α-hetero) is 1. The summed E-state index contributed by atoms with van der Waals surface area (Å²) in [5.74, 6) is -0.456. The molecular weight excluding hydrogens is 424 g/mol. The van der Waals surface area contributed by atoms with Crippen molar-refractivity contribution < 1.29 is 33.2 Å². The molecule has 190 valence electrons. The second-order valence-electron chi connectivity index (χ2n) is 9.44. The molecule has 0 aromatic heterocycles. The van der Waals surface area contributed by atoms with Gasteiger partial charge >= 0.3 is 0 Å². The van der Waals surface area contributed by atoms with Crippen molar-refractivity contribution in [3.8, 4) is 0 Å². The lowest BCUT2D eigenvalue weighted by Gasteiger charge is -2.31. The van der Waals surface area contributed by atoms with E-state index < -0.39 is 12.2 Å². The molecule has 6 atom stereocenters. The Labute approximate surface area is 199 Å². The van der Waals surface area contributed by atoms with Crippen molar-refractivity contribution >= 4 is 5.78 Å². The van der Waals surface area contributed by atoms with Crippen LogP contribution < -0.4 is 0 Å². The van der Waals surface area contributed by atoms with Gasteiger partial charge in [-0.1, -0.05) is 38.3 Å². The van der Waals surface area contributed by atoms with E-state index in [2.05, 4.69) is 19.1 Å². The number of carbonyl (C=O) groups excluding carboxylic acids is 1. The smallest absolute Gasteiger partial charge is 0.167 e. The van der Waals surface area contributed by atoms with Gasteiger partial charge in [-0.15, -0.1) is 0 Å². The lowest BCUT2D eigenvalue weighted by Crippen LogP contribution is -2.36. The van der Waals surface area contributed by atoms with Gasteiger partial charge in [-0.3, -0.25) is 4.79 Å². The zero-order valence-corrected chi connectivity index (χ0v) is 20.7. The van der Waals surface area contributed by atoms with E-state index in [1.807, 2.05) is 0 Å². The van der Waals surface area contributed by atoms with E-state index in [0.717, 1.165) is 64.4 Å². The largest absolute Gasteiger partial charge is 0.355 e. The van der Waals surface area contributed by atoms with Crippen molar-refractivity contribution in [2.24, 2.45) is 11.8 Å². The zero-order chi connectivity index (χ0) is 23.5. The molecule has 0 radical (unpaired) electrons. The molecule has 0 amide bonds. The molecular formula is C26H44O7. The molecule has 2 saturated heterocycles. The molecule has 0 aromatic carbocycles. The Hall–Kier alpha value is -0.830. The lowest BCUT2D eigenvalue weighted by molar-refractivity contribution is -0.199. The summed E-state index contributed by atoms with van der Waals surface area (Å²) in [6.07, 6.45) is 13.8. The molecule has 3 fully saturated rings. The number of methoxy groups -OCH3 is 2. The van der Waals surface area contributed by atoms with Gasteiger partial charge in [-0.25, -0.2) is 0 Å². The van der Waals surface area contributed by atoms with Crippen LogP contribution in [-0.4, -0.2) is 64.3 Å². The first-order valence-corrected chi connectivity index (χ1v) is 13.0. The first-order valence-electron chi connectivity index (χ1n) is 13.0. The first-order chi connectivity index (χ1) is 16.2. The molecule has 1 aliphatic carbocycles. The van der Waals surface area contributed by atoms with Gasteiger partial charge in [-0.05, 0) is 44.9 Å². The predicted octanol–water partition coefficient (Wildman–Crippen LogP) is 4.77. The first kappa shape index (κ1) is 26.8. The van der Waals surface area contributed by atoms with E-state index >= 15 is 0 Å². The van der Waals surface area contributed by atoms with Gasteiger partial charge in [0.2, 0.25) is 0 Å². The van der Waals surface area contributed by atoms with Crippen LogP contribution in [0.5, 0.6) is 0 Å². The quantitative estimate of drug-likeness (QED) is 0.219. The molecule has 33 heavy (non-hydrogen) atoms. The number of unbranched alkanes of at least 4 members (excludes halogenated alkanes) is 2. The lowest BCUT2D eigenvalue weighted by atomic mass is 9.92. The van der Waals surface area contributed by atoms with Crippen LogP contribution in [0.3, 0.4) is 0 Å². The monoisotopic (exact) mass is 468 g/mol. The second-order valence-corrected chi connectivity index (χ2v) is 9.44. The summed E-state index contributed by atoms with van der Waals surface area (Å²) in [6.45, 7) is 3.67. The van der Waals surface area contributed by atoms with Gasteiger partial charge in [0.25, 0.3) is 0 Å². The summed E-state index contributed by atoms with van der Waals surface area (Å²) < 4.78 is 35.3. The Morgan fingerprint density at radius 2 is 1.70 bits per heavy atom. The van der Waals surface area contributed by atoms with E-state index in [9.17, 15) is 4.79 Å². The van der Waals surface area contributed by atoms with Crippen LogP contribution in [0.4, 0.5) is 0 Å². The number of carbonyl (C=O) groups is 1. The molecule has 2 heterocycles. The van der Waals surface area contributed by atoms with E-state index in [1.165, 1.54) is 6.42 Å². The number of hydrogen-bond acceptors (Lipinski definition) is 7. The molecule has 1 saturated carbocycles. The van der Waals surface area contributed by atoms with E-state index in [1.54, 1.807) is 14.2 Å². The zero-order valence-electron chi connectivity index (χ0n) is 20.7. The third kappa shape index (κ3) is 8.11. The maximum atomic E-state index is 13.0. The van der Waals surface area contributed by atoms with Crippen molar-refractivity contribution in [2.45, 2.75) is 109 Å². The van der Waals surface area contributed by atoms with Crippen LogP contribution in [0.1, 0.15) is 77.6 Å². The van der Waals surface area contributed by atoms with E-state index in [4.69, 9.17) is 28.4 Å². The van der Waals surface area contributed by atoms with Crippen molar-refractivity contribution in [1.29, 1.82) is 0 Å². The second kappa shape index (κ2) is 14.5. The molecule has 0 aromatic rings. The normalized spacial score (nSPS) is 32.1. The SMILES string of the molecule is CCCCCC(/C=C/C1C(OC2CCCCO2)CC(=O)C1C(OC)OC)OC1CCCCO1. The summed E-state index contributed by atoms with van der Waals surface area (Å²) >= 11 is 0. The molecule has 2 aliphatic heterocycles. The van der Waals surface area contributed by atoms with E-state index in [-0.39, 0.29) is 36.5 Å². The van der Waals surface area contributed by atoms with Crippen molar-refractivity contribution in [3.05, 3.63) is 12.2 Å². The van der Waals surface area contributed by atoms with Crippen molar-refractivity contribution in [1.82, 2.24) is 0 Å². The predicted molar refractivity (Wildman–Crippen MR) is 125 cm³/mol. The van der Waals surface area contributed by atoms with Gasteiger partial charge < -0.3 is 28.4 Å². The average molecular weight is 469 g/mol.